The number of aryl methyl sites for hydroxylation is 1. The fraction of sp³-hybridized carbons (Fsp3) is 0.783. The van der Waals surface area contributed by atoms with Gasteiger partial charge in [0.15, 0.2) is 23.0 Å². The summed E-state index contributed by atoms with van der Waals surface area (Å²) in [6, 6.07) is 0. The Bertz CT molecular complexity index is 728. The number of hydrogen-bond donors (Lipinski definition) is 0. The second kappa shape index (κ2) is 10.6. The monoisotopic (exact) mass is 464 g/mol. The molecule has 0 fully saturated rings. The van der Waals surface area contributed by atoms with Gasteiger partial charge in [-0.25, -0.2) is 0 Å². The molecule has 0 aliphatic heterocycles. The third-order valence-corrected chi connectivity index (χ3v) is 16.0. The van der Waals surface area contributed by atoms with Gasteiger partial charge in [0.1, 0.15) is 0 Å². The van der Waals surface area contributed by atoms with Crippen LogP contribution in [0.3, 0.4) is 0 Å². The van der Waals surface area contributed by atoms with E-state index in [0.717, 1.165) is 6.42 Å². The highest BCUT2D eigenvalue weighted by Crippen LogP contribution is 2.42. The molecule has 0 saturated carbocycles. The molecule has 3 atom stereocenters. The zero-order valence-electron chi connectivity index (χ0n) is 21.4. The molecule has 0 bridgehead atoms. The second-order valence-corrected chi connectivity index (χ2v) is 20.9. The topological polar surface area (TPSA) is 62.1 Å². The van der Waals surface area contributed by atoms with Gasteiger partial charge in [-0.2, -0.15) is 4.80 Å². The summed E-state index contributed by atoms with van der Waals surface area (Å²) in [6.45, 7) is 27.3. The van der Waals surface area contributed by atoms with E-state index < -0.39 is 16.6 Å². The fourth-order valence-corrected chi connectivity index (χ4v) is 5.57. The highest BCUT2D eigenvalue weighted by Gasteiger charge is 2.44. The third kappa shape index (κ3) is 7.67. The Balaban J connectivity index is 3.30. The van der Waals surface area contributed by atoms with Crippen LogP contribution >= 0.6 is 0 Å². The molecule has 1 aromatic rings. The maximum absolute atomic E-state index is 6.88. The number of tetrazole rings is 1. The molecular weight excluding hydrogens is 420 g/mol. The lowest BCUT2D eigenvalue weighted by molar-refractivity contribution is 0.0420. The normalized spacial score (nSPS) is 16.4. The van der Waals surface area contributed by atoms with Crippen LogP contribution in [0.25, 0.3) is 0 Å². The van der Waals surface area contributed by atoms with Gasteiger partial charge in [0, 0.05) is 12.3 Å². The summed E-state index contributed by atoms with van der Waals surface area (Å²) in [4.78, 5) is 1.61. The maximum atomic E-state index is 6.88. The van der Waals surface area contributed by atoms with Gasteiger partial charge in [-0.1, -0.05) is 47.6 Å². The van der Waals surface area contributed by atoms with Crippen molar-refractivity contribution in [3.63, 3.8) is 0 Å². The molecule has 1 heterocycles. The summed E-state index contributed by atoms with van der Waals surface area (Å²) in [5.74, 6) is 2.90. The molecular formula is C23H44N4O2Si2. The molecule has 8 heteroatoms. The van der Waals surface area contributed by atoms with Crippen LogP contribution in [0.4, 0.5) is 0 Å². The molecule has 6 nitrogen and oxygen atoms in total. The fourth-order valence-electron chi connectivity index (χ4n) is 2.90. The third-order valence-electron chi connectivity index (χ3n) is 6.99. The minimum absolute atomic E-state index is 0.0443. The van der Waals surface area contributed by atoms with Crippen LogP contribution in [0.15, 0.2) is 19.0 Å². The van der Waals surface area contributed by atoms with Crippen molar-refractivity contribution in [1.29, 1.82) is 0 Å². The Labute approximate surface area is 192 Å². The van der Waals surface area contributed by atoms with Gasteiger partial charge in [0.2, 0.25) is 0 Å². The molecule has 0 radical (unpaired) electrons. The summed E-state index contributed by atoms with van der Waals surface area (Å²) in [5.41, 5.74) is 0. The Kier molecular flexibility index (Phi) is 9.46. The summed E-state index contributed by atoms with van der Waals surface area (Å²) in [7, 11) is -4.07. The molecule has 176 valence electrons. The van der Waals surface area contributed by atoms with Gasteiger partial charge in [0.05, 0.1) is 18.8 Å². The van der Waals surface area contributed by atoms with Gasteiger partial charge in [-0.15, -0.1) is 29.1 Å². The van der Waals surface area contributed by atoms with Crippen molar-refractivity contribution in [1.82, 2.24) is 20.2 Å². The molecule has 0 N–H and O–H groups in total. The van der Waals surface area contributed by atoms with E-state index >= 15 is 0 Å². The summed E-state index contributed by atoms with van der Waals surface area (Å²) < 4.78 is 13.7. The molecule has 0 spiro atoms. The standard InChI is InChI=1S/C23H44N4O2Si2/c1-13-15-21(29-31(11,12)23(6,7)8)19(16-17-27-25-18-24-26-27)20(14-2)28-30(9,10)22(3,4)5/h1,14,18-21H,2,15-17H2,3-12H3/t19-,20-,21-/m1/s1. The van der Waals surface area contributed by atoms with Crippen molar-refractivity contribution < 1.29 is 8.85 Å². The van der Waals surface area contributed by atoms with Crippen LogP contribution in [0, 0.1) is 18.3 Å². The van der Waals surface area contributed by atoms with Gasteiger partial charge >= 0.3 is 0 Å². The number of hydrogen-bond acceptors (Lipinski definition) is 5. The molecule has 0 unspecified atom stereocenters. The first-order valence-electron chi connectivity index (χ1n) is 11.2. The lowest BCUT2D eigenvalue weighted by Gasteiger charge is -2.45. The minimum Gasteiger partial charge on any atom is -0.413 e. The van der Waals surface area contributed by atoms with Gasteiger partial charge in [-0.05, 0) is 47.9 Å². The highest BCUT2D eigenvalue weighted by atomic mass is 28.4. The van der Waals surface area contributed by atoms with Crippen molar-refractivity contribution in [2.24, 2.45) is 5.92 Å². The van der Waals surface area contributed by atoms with E-state index in [1.54, 1.807) is 4.80 Å². The SMILES string of the molecule is C#CC[C@@H](O[Si](C)(C)C(C)(C)C)[C@H](CCn1ncnn1)[C@@H](C=C)O[Si](C)(C)C(C)(C)C. The number of terminal acetylenes is 1. The zero-order chi connectivity index (χ0) is 24.1. The molecule has 0 aliphatic carbocycles. The largest absolute Gasteiger partial charge is 0.413 e. The quantitative estimate of drug-likeness (QED) is 0.240. The van der Waals surface area contributed by atoms with Crippen molar-refractivity contribution in [2.75, 3.05) is 0 Å². The van der Waals surface area contributed by atoms with Crippen LogP contribution in [0.5, 0.6) is 0 Å². The van der Waals surface area contributed by atoms with Gasteiger partial charge < -0.3 is 8.85 Å². The summed E-state index contributed by atoms with van der Waals surface area (Å²) >= 11 is 0. The Hall–Kier alpha value is -1.28. The van der Waals surface area contributed by atoms with Crippen molar-refractivity contribution in [2.45, 2.75) is 109 Å². The molecule has 31 heavy (non-hydrogen) atoms. The molecule has 0 saturated heterocycles. The lowest BCUT2D eigenvalue weighted by atomic mass is 9.90. The predicted molar refractivity (Wildman–Crippen MR) is 134 cm³/mol. The van der Waals surface area contributed by atoms with E-state index in [9.17, 15) is 0 Å². The van der Waals surface area contributed by atoms with Gasteiger partial charge in [0.25, 0.3) is 0 Å². The number of rotatable bonds is 11. The average Bonchev–Trinajstić information content (AvgIpc) is 3.12. The molecule has 1 aromatic heterocycles. The summed E-state index contributed by atoms with van der Waals surface area (Å²) in [5, 5.41) is 12.2. The molecule has 0 amide bonds. The number of nitrogens with zero attached hydrogens (tertiary/aromatic N) is 4. The first kappa shape index (κ1) is 27.8. The summed E-state index contributed by atoms with van der Waals surface area (Å²) in [6.07, 6.45) is 10.2. The van der Waals surface area contributed by atoms with Crippen LogP contribution < -0.4 is 0 Å². The van der Waals surface area contributed by atoms with E-state index in [1.165, 1.54) is 6.33 Å². The number of aromatic nitrogens is 4. The van der Waals surface area contributed by atoms with Crippen LogP contribution in [-0.2, 0) is 15.4 Å². The lowest BCUT2D eigenvalue weighted by Crippen LogP contribution is -2.51. The van der Waals surface area contributed by atoms with Crippen LogP contribution in [-0.4, -0.2) is 49.0 Å². The zero-order valence-corrected chi connectivity index (χ0v) is 23.4. The Morgan fingerprint density at radius 1 is 1.06 bits per heavy atom. The van der Waals surface area contributed by atoms with Crippen LogP contribution in [0.2, 0.25) is 36.3 Å². The van der Waals surface area contributed by atoms with E-state index in [2.05, 4.69) is 95.6 Å². The predicted octanol–water partition coefficient (Wildman–Crippen LogP) is 5.67. The first-order chi connectivity index (χ1) is 14.1. The van der Waals surface area contributed by atoms with Crippen molar-refractivity contribution in [3.8, 4) is 12.3 Å². The first-order valence-corrected chi connectivity index (χ1v) is 17.0. The highest BCUT2D eigenvalue weighted by molar-refractivity contribution is 6.74. The maximum Gasteiger partial charge on any atom is 0.192 e. The molecule has 0 aliphatic rings. The molecule has 0 aromatic carbocycles. The Morgan fingerprint density at radius 2 is 1.61 bits per heavy atom. The van der Waals surface area contributed by atoms with Crippen LogP contribution in [0.1, 0.15) is 54.4 Å². The van der Waals surface area contributed by atoms with Crippen molar-refractivity contribution in [3.05, 3.63) is 19.0 Å². The average molecular weight is 465 g/mol. The minimum atomic E-state index is -2.04. The van der Waals surface area contributed by atoms with E-state index in [-0.39, 0.29) is 28.2 Å². The van der Waals surface area contributed by atoms with E-state index in [1.807, 2.05) is 6.08 Å². The second-order valence-electron chi connectivity index (χ2n) is 11.4. The molecule has 1 rings (SSSR count). The van der Waals surface area contributed by atoms with E-state index in [4.69, 9.17) is 15.3 Å². The van der Waals surface area contributed by atoms with E-state index in [0.29, 0.717) is 13.0 Å². The van der Waals surface area contributed by atoms with Gasteiger partial charge in [-0.3, -0.25) is 0 Å². The van der Waals surface area contributed by atoms with Crippen molar-refractivity contribution >= 4 is 16.6 Å². The Morgan fingerprint density at radius 3 is 2.03 bits per heavy atom. The smallest absolute Gasteiger partial charge is 0.192 e.